The summed E-state index contributed by atoms with van der Waals surface area (Å²) in [6, 6.07) is 6.08. The van der Waals surface area contributed by atoms with Crippen molar-refractivity contribution >= 4 is 17.3 Å². The van der Waals surface area contributed by atoms with Gasteiger partial charge in [-0.2, -0.15) is 0 Å². The molecule has 3 rings (SSSR count). The highest BCUT2D eigenvalue weighted by atomic mass is 16.5. The highest BCUT2D eigenvalue weighted by Gasteiger charge is 2.23. The number of anilines is 2. The van der Waals surface area contributed by atoms with Crippen LogP contribution in [0.2, 0.25) is 0 Å². The first-order chi connectivity index (χ1) is 8.83. The Balaban J connectivity index is 1.70. The molecule has 1 unspecified atom stereocenters. The smallest absolute Gasteiger partial charge is 0.253 e. The molecule has 2 N–H and O–H groups in total. The van der Waals surface area contributed by atoms with Gasteiger partial charge in [-0.1, -0.05) is 6.07 Å². The number of hydrogen-bond donors (Lipinski definition) is 2. The van der Waals surface area contributed by atoms with Crippen LogP contribution in [0.15, 0.2) is 18.2 Å². The van der Waals surface area contributed by atoms with Gasteiger partial charge in [0.15, 0.2) is 0 Å². The number of amides is 1. The molecule has 1 amide bonds. The third kappa shape index (κ3) is 2.34. The Bertz CT molecular complexity index is 453. The quantitative estimate of drug-likeness (QED) is 0.840. The standard InChI is InChI=1S/C14H18N2O2/c17-14(13-4-2-8-18-13)16-11-6-5-10-3-1-7-15-12(10)9-11/h5-6,9,13,15H,1-4,7-8H2,(H,16,17). The van der Waals surface area contributed by atoms with E-state index in [9.17, 15) is 4.79 Å². The molecule has 96 valence electrons. The zero-order valence-electron chi connectivity index (χ0n) is 10.4. The molecule has 4 heteroatoms. The molecule has 1 aromatic rings. The van der Waals surface area contributed by atoms with Crippen molar-refractivity contribution in [2.45, 2.75) is 31.8 Å². The van der Waals surface area contributed by atoms with E-state index in [1.165, 1.54) is 12.0 Å². The molecule has 4 nitrogen and oxygen atoms in total. The summed E-state index contributed by atoms with van der Waals surface area (Å²) in [7, 11) is 0. The van der Waals surface area contributed by atoms with Crippen LogP contribution in [0, 0.1) is 0 Å². The molecule has 2 aliphatic heterocycles. The monoisotopic (exact) mass is 246 g/mol. The normalized spacial score (nSPS) is 22.1. The van der Waals surface area contributed by atoms with Crippen LogP contribution in [0.4, 0.5) is 11.4 Å². The fourth-order valence-electron chi connectivity index (χ4n) is 2.55. The molecule has 2 heterocycles. The van der Waals surface area contributed by atoms with Gasteiger partial charge in [0, 0.05) is 24.5 Å². The maximum atomic E-state index is 11.9. The van der Waals surface area contributed by atoms with E-state index in [2.05, 4.69) is 16.7 Å². The topological polar surface area (TPSA) is 50.4 Å². The number of benzene rings is 1. The third-order valence-corrected chi connectivity index (χ3v) is 3.54. The van der Waals surface area contributed by atoms with E-state index in [4.69, 9.17) is 4.74 Å². The van der Waals surface area contributed by atoms with Gasteiger partial charge in [-0.3, -0.25) is 4.79 Å². The summed E-state index contributed by atoms with van der Waals surface area (Å²) in [6.07, 6.45) is 3.82. The number of hydrogen-bond acceptors (Lipinski definition) is 3. The van der Waals surface area contributed by atoms with Gasteiger partial charge in [-0.15, -0.1) is 0 Å². The first kappa shape index (κ1) is 11.5. The van der Waals surface area contributed by atoms with Crippen LogP contribution in [0.3, 0.4) is 0 Å². The lowest BCUT2D eigenvalue weighted by Gasteiger charge is -2.19. The molecule has 0 bridgehead atoms. The number of carbonyl (C=O) groups is 1. The van der Waals surface area contributed by atoms with Crippen LogP contribution in [0.25, 0.3) is 0 Å². The minimum atomic E-state index is -0.269. The number of aryl methyl sites for hydroxylation is 1. The summed E-state index contributed by atoms with van der Waals surface area (Å²) in [6.45, 7) is 1.71. The van der Waals surface area contributed by atoms with E-state index < -0.39 is 0 Å². The largest absolute Gasteiger partial charge is 0.385 e. The van der Waals surface area contributed by atoms with Crippen molar-refractivity contribution < 1.29 is 9.53 Å². The molecule has 1 atom stereocenters. The van der Waals surface area contributed by atoms with Gasteiger partial charge in [0.2, 0.25) is 0 Å². The maximum absolute atomic E-state index is 11.9. The van der Waals surface area contributed by atoms with Crippen molar-refractivity contribution in [2.75, 3.05) is 23.8 Å². The first-order valence-electron chi connectivity index (χ1n) is 6.62. The fourth-order valence-corrected chi connectivity index (χ4v) is 2.55. The number of rotatable bonds is 2. The van der Waals surface area contributed by atoms with Gasteiger partial charge >= 0.3 is 0 Å². The fraction of sp³-hybridized carbons (Fsp3) is 0.500. The summed E-state index contributed by atoms with van der Waals surface area (Å²) in [5.41, 5.74) is 3.33. The zero-order chi connectivity index (χ0) is 12.4. The Morgan fingerprint density at radius 3 is 3.17 bits per heavy atom. The summed E-state index contributed by atoms with van der Waals surface area (Å²) in [5.74, 6) is -0.0248. The maximum Gasteiger partial charge on any atom is 0.253 e. The molecular formula is C14H18N2O2. The van der Waals surface area contributed by atoms with E-state index >= 15 is 0 Å². The second-order valence-corrected chi connectivity index (χ2v) is 4.89. The summed E-state index contributed by atoms with van der Waals surface area (Å²) < 4.78 is 5.37. The van der Waals surface area contributed by atoms with Crippen molar-refractivity contribution in [3.05, 3.63) is 23.8 Å². The lowest BCUT2D eigenvalue weighted by atomic mass is 10.0. The minimum Gasteiger partial charge on any atom is -0.385 e. The van der Waals surface area contributed by atoms with Gasteiger partial charge in [0.25, 0.3) is 5.91 Å². The van der Waals surface area contributed by atoms with E-state index in [-0.39, 0.29) is 12.0 Å². The van der Waals surface area contributed by atoms with Crippen molar-refractivity contribution in [3.8, 4) is 0 Å². The average Bonchev–Trinajstić information content (AvgIpc) is 2.92. The molecule has 0 aromatic heterocycles. The molecule has 1 fully saturated rings. The molecule has 2 aliphatic rings. The predicted octanol–water partition coefficient (Wildman–Crippen LogP) is 2.16. The summed E-state index contributed by atoms with van der Waals surface area (Å²) in [4.78, 5) is 11.9. The van der Waals surface area contributed by atoms with Gasteiger partial charge < -0.3 is 15.4 Å². The van der Waals surface area contributed by atoms with Crippen LogP contribution >= 0.6 is 0 Å². The van der Waals surface area contributed by atoms with Gasteiger partial charge in [-0.25, -0.2) is 0 Å². The van der Waals surface area contributed by atoms with E-state index in [0.717, 1.165) is 37.2 Å². The summed E-state index contributed by atoms with van der Waals surface area (Å²) >= 11 is 0. The molecule has 1 saturated heterocycles. The number of nitrogens with one attached hydrogen (secondary N) is 2. The van der Waals surface area contributed by atoms with Crippen LogP contribution in [0.5, 0.6) is 0 Å². The van der Waals surface area contributed by atoms with Gasteiger partial charge in [-0.05, 0) is 43.4 Å². The van der Waals surface area contributed by atoms with E-state index in [0.29, 0.717) is 6.61 Å². The lowest BCUT2D eigenvalue weighted by Crippen LogP contribution is -2.27. The molecular weight excluding hydrogens is 228 g/mol. The Morgan fingerprint density at radius 2 is 2.33 bits per heavy atom. The van der Waals surface area contributed by atoms with E-state index in [1.807, 2.05) is 12.1 Å². The Morgan fingerprint density at radius 1 is 1.39 bits per heavy atom. The Hall–Kier alpha value is -1.55. The second kappa shape index (κ2) is 4.98. The van der Waals surface area contributed by atoms with Crippen LogP contribution in [0.1, 0.15) is 24.8 Å². The Labute approximate surface area is 107 Å². The van der Waals surface area contributed by atoms with Crippen molar-refractivity contribution in [1.29, 1.82) is 0 Å². The summed E-state index contributed by atoms with van der Waals surface area (Å²) in [5, 5.41) is 6.29. The molecule has 0 radical (unpaired) electrons. The average molecular weight is 246 g/mol. The van der Waals surface area contributed by atoms with Crippen molar-refractivity contribution in [1.82, 2.24) is 0 Å². The third-order valence-electron chi connectivity index (χ3n) is 3.54. The first-order valence-corrected chi connectivity index (χ1v) is 6.62. The van der Waals surface area contributed by atoms with Crippen LogP contribution in [-0.4, -0.2) is 25.2 Å². The van der Waals surface area contributed by atoms with Crippen LogP contribution < -0.4 is 10.6 Å². The molecule has 0 saturated carbocycles. The SMILES string of the molecule is O=C(Nc1ccc2c(c1)NCCC2)C1CCCO1. The highest BCUT2D eigenvalue weighted by molar-refractivity contribution is 5.94. The zero-order valence-corrected chi connectivity index (χ0v) is 10.4. The highest BCUT2D eigenvalue weighted by Crippen LogP contribution is 2.25. The van der Waals surface area contributed by atoms with Gasteiger partial charge in [0.05, 0.1) is 0 Å². The van der Waals surface area contributed by atoms with Gasteiger partial charge in [0.1, 0.15) is 6.10 Å². The lowest BCUT2D eigenvalue weighted by molar-refractivity contribution is -0.124. The molecule has 0 spiro atoms. The number of fused-ring (bicyclic) bond motifs is 1. The minimum absolute atomic E-state index is 0.0248. The van der Waals surface area contributed by atoms with Crippen molar-refractivity contribution in [2.24, 2.45) is 0 Å². The second-order valence-electron chi connectivity index (χ2n) is 4.89. The molecule has 0 aliphatic carbocycles. The molecule has 18 heavy (non-hydrogen) atoms. The molecule has 1 aromatic carbocycles. The predicted molar refractivity (Wildman–Crippen MR) is 70.9 cm³/mol. The van der Waals surface area contributed by atoms with E-state index in [1.54, 1.807) is 0 Å². The number of ether oxygens (including phenoxy) is 1. The number of carbonyl (C=O) groups excluding carboxylic acids is 1. The van der Waals surface area contributed by atoms with Crippen molar-refractivity contribution in [3.63, 3.8) is 0 Å². The Kier molecular flexibility index (Phi) is 3.19. The van der Waals surface area contributed by atoms with Crippen LogP contribution in [-0.2, 0) is 16.0 Å².